The number of carbonyl (C=O) groups excluding carboxylic acids is 3. The maximum atomic E-state index is 12.0. The molecule has 6 nitrogen and oxygen atoms in total. The summed E-state index contributed by atoms with van der Waals surface area (Å²) >= 11 is 0. The molecule has 0 N–H and O–H groups in total. The number of hydrogen-bond donors (Lipinski definition) is 0. The van der Waals surface area contributed by atoms with Crippen molar-refractivity contribution in [3.8, 4) is 0 Å². The van der Waals surface area contributed by atoms with E-state index in [4.69, 9.17) is 14.2 Å². The summed E-state index contributed by atoms with van der Waals surface area (Å²) in [7, 11) is 0. The van der Waals surface area contributed by atoms with Gasteiger partial charge in [0.2, 0.25) is 0 Å². The van der Waals surface area contributed by atoms with E-state index in [2.05, 4.69) is 13.8 Å². The fourth-order valence-electron chi connectivity index (χ4n) is 3.28. The molecule has 0 heterocycles. The van der Waals surface area contributed by atoms with Gasteiger partial charge in [0.15, 0.2) is 6.10 Å². The van der Waals surface area contributed by atoms with Crippen LogP contribution in [0.3, 0.4) is 0 Å². The first-order valence-electron chi connectivity index (χ1n) is 12.5. The molecule has 0 amide bonds. The first kappa shape index (κ1) is 29.4. The van der Waals surface area contributed by atoms with Crippen LogP contribution in [0.2, 0.25) is 0 Å². The van der Waals surface area contributed by atoms with Crippen molar-refractivity contribution < 1.29 is 28.6 Å². The summed E-state index contributed by atoms with van der Waals surface area (Å²) in [6.45, 7) is 5.41. The number of ether oxygens (including phenoxy) is 3. The Labute approximate surface area is 189 Å². The zero-order valence-corrected chi connectivity index (χ0v) is 20.3. The highest BCUT2D eigenvalue weighted by Crippen LogP contribution is 2.12. The van der Waals surface area contributed by atoms with Crippen molar-refractivity contribution in [1.29, 1.82) is 0 Å². The highest BCUT2D eigenvalue weighted by atomic mass is 16.6. The summed E-state index contributed by atoms with van der Waals surface area (Å²) in [4.78, 5) is 34.9. The van der Waals surface area contributed by atoms with E-state index in [0.29, 0.717) is 12.8 Å². The van der Waals surface area contributed by atoms with Gasteiger partial charge >= 0.3 is 17.9 Å². The van der Waals surface area contributed by atoms with Crippen LogP contribution in [0.15, 0.2) is 0 Å². The second-order valence-corrected chi connectivity index (χ2v) is 8.34. The molecule has 0 saturated heterocycles. The van der Waals surface area contributed by atoms with Gasteiger partial charge in [0.25, 0.3) is 0 Å². The molecule has 31 heavy (non-hydrogen) atoms. The van der Waals surface area contributed by atoms with E-state index in [-0.39, 0.29) is 25.2 Å². The summed E-state index contributed by atoms with van der Waals surface area (Å²) in [6.07, 6.45) is 16.1. The van der Waals surface area contributed by atoms with Crippen LogP contribution in [0.5, 0.6) is 0 Å². The molecule has 1 unspecified atom stereocenters. The normalized spacial score (nSPS) is 11.7. The summed E-state index contributed by atoms with van der Waals surface area (Å²) in [5, 5.41) is 0. The Morgan fingerprint density at radius 2 is 1.00 bits per heavy atom. The summed E-state index contributed by atoms with van der Waals surface area (Å²) in [5.41, 5.74) is 0. The van der Waals surface area contributed by atoms with E-state index in [1.807, 2.05) is 0 Å². The van der Waals surface area contributed by atoms with E-state index >= 15 is 0 Å². The zero-order chi connectivity index (χ0) is 23.2. The molecule has 182 valence electrons. The maximum Gasteiger partial charge on any atom is 0.306 e. The van der Waals surface area contributed by atoms with Crippen molar-refractivity contribution in [2.24, 2.45) is 0 Å². The minimum Gasteiger partial charge on any atom is -0.462 e. The lowest BCUT2D eigenvalue weighted by Gasteiger charge is -2.17. The Bertz CT molecular complexity index is 463. The molecule has 0 aromatic heterocycles. The zero-order valence-electron chi connectivity index (χ0n) is 20.3. The minimum absolute atomic E-state index is 0.0797. The SMILES string of the molecule is CCCCCCCCCCCCCC(=O)OCC(COC(C)=O)OC(=O)CCCCC. The quantitative estimate of drug-likeness (QED) is 0.118. The van der Waals surface area contributed by atoms with Gasteiger partial charge in [-0.1, -0.05) is 90.9 Å². The van der Waals surface area contributed by atoms with Crippen LogP contribution in [-0.2, 0) is 28.6 Å². The number of hydrogen-bond acceptors (Lipinski definition) is 6. The molecule has 0 bridgehead atoms. The van der Waals surface area contributed by atoms with Crippen LogP contribution >= 0.6 is 0 Å². The first-order chi connectivity index (χ1) is 15.0. The standard InChI is InChI=1S/C25H46O6/c1-4-6-8-9-10-11-12-13-14-15-17-18-24(27)30-21-23(20-29-22(3)26)31-25(28)19-16-7-5-2/h23H,4-21H2,1-3H3. The molecule has 0 aromatic rings. The number of esters is 3. The van der Waals surface area contributed by atoms with Crippen molar-refractivity contribution in [1.82, 2.24) is 0 Å². The van der Waals surface area contributed by atoms with Gasteiger partial charge < -0.3 is 14.2 Å². The van der Waals surface area contributed by atoms with E-state index in [0.717, 1.165) is 38.5 Å². The van der Waals surface area contributed by atoms with Crippen LogP contribution in [0.25, 0.3) is 0 Å². The Kier molecular flexibility index (Phi) is 20.5. The Balaban J connectivity index is 3.87. The lowest BCUT2D eigenvalue weighted by atomic mass is 10.1. The summed E-state index contributed by atoms with van der Waals surface area (Å²) < 4.78 is 15.5. The highest BCUT2D eigenvalue weighted by molar-refractivity contribution is 5.70. The third-order valence-electron chi connectivity index (χ3n) is 5.17. The fraction of sp³-hybridized carbons (Fsp3) is 0.880. The predicted molar refractivity (Wildman–Crippen MR) is 123 cm³/mol. The first-order valence-corrected chi connectivity index (χ1v) is 12.5. The number of carbonyl (C=O) groups is 3. The van der Waals surface area contributed by atoms with Gasteiger partial charge in [0.1, 0.15) is 13.2 Å². The van der Waals surface area contributed by atoms with Gasteiger partial charge in [0.05, 0.1) is 0 Å². The molecule has 0 aliphatic carbocycles. The molecular formula is C25H46O6. The maximum absolute atomic E-state index is 12.0. The molecule has 0 fully saturated rings. The van der Waals surface area contributed by atoms with Crippen LogP contribution in [0.4, 0.5) is 0 Å². The van der Waals surface area contributed by atoms with Gasteiger partial charge in [-0.25, -0.2) is 0 Å². The van der Waals surface area contributed by atoms with Gasteiger partial charge in [-0.15, -0.1) is 0 Å². The minimum atomic E-state index is -0.751. The molecule has 0 aliphatic heterocycles. The molecule has 0 rings (SSSR count). The van der Waals surface area contributed by atoms with Gasteiger partial charge in [-0.05, 0) is 12.8 Å². The van der Waals surface area contributed by atoms with E-state index in [1.165, 1.54) is 58.3 Å². The fourth-order valence-corrected chi connectivity index (χ4v) is 3.28. The van der Waals surface area contributed by atoms with Crippen molar-refractivity contribution >= 4 is 17.9 Å². The van der Waals surface area contributed by atoms with Crippen LogP contribution < -0.4 is 0 Å². The second-order valence-electron chi connectivity index (χ2n) is 8.34. The van der Waals surface area contributed by atoms with Crippen molar-refractivity contribution in [3.63, 3.8) is 0 Å². The predicted octanol–water partition coefficient (Wildman–Crippen LogP) is 6.29. The monoisotopic (exact) mass is 442 g/mol. The van der Waals surface area contributed by atoms with Gasteiger partial charge in [-0.3, -0.25) is 14.4 Å². The molecule has 0 aromatic carbocycles. The third-order valence-corrected chi connectivity index (χ3v) is 5.17. The van der Waals surface area contributed by atoms with Crippen LogP contribution in [0, 0.1) is 0 Å². The highest BCUT2D eigenvalue weighted by Gasteiger charge is 2.18. The number of unbranched alkanes of at least 4 members (excludes halogenated alkanes) is 12. The summed E-state index contributed by atoms with van der Waals surface area (Å²) in [6, 6.07) is 0. The van der Waals surface area contributed by atoms with E-state index < -0.39 is 12.1 Å². The van der Waals surface area contributed by atoms with Crippen molar-refractivity contribution in [2.75, 3.05) is 13.2 Å². The Hall–Kier alpha value is -1.59. The largest absolute Gasteiger partial charge is 0.462 e. The molecule has 0 aliphatic rings. The second kappa shape index (κ2) is 21.6. The number of rotatable bonds is 21. The van der Waals surface area contributed by atoms with Crippen molar-refractivity contribution in [2.45, 2.75) is 130 Å². The smallest absolute Gasteiger partial charge is 0.306 e. The Morgan fingerprint density at radius 1 is 0.581 bits per heavy atom. The topological polar surface area (TPSA) is 78.9 Å². The lowest BCUT2D eigenvalue weighted by molar-refractivity contribution is -0.166. The van der Waals surface area contributed by atoms with Crippen LogP contribution in [-0.4, -0.2) is 37.2 Å². The van der Waals surface area contributed by atoms with Crippen LogP contribution in [0.1, 0.15) is 124 Å². The van der Waals surface area contributed by atoms with E-state index in [9.17, 15) is 14.4 Å². The van der Waals surface area contributed by atoms with Gasteiger partial charge in [0, 0.05) is 19.8 Å². The van der Waals surface area contributed by atoms with Crippen molar-refractivity contribution in [3.05, 3.63) is 0 Å². The summed E-state index contributed by atoms with van der Waals surface area (Å²) in [5.74, 6) is -1.11. The molecule has 6 heteroatoms. The van der Waals surface area contributed by atoms with E-state index in [1.54, 1.807) is 0 Å². The third kappa shape index (κ3) is 21.4. The Morgan fingerprint density at radius 3 is 1.55 bits per heavy atom. The average Bonchev–Trinajstić information content (AvgIpc) is 2.74. The molecule has 0 saturated carbocycles. The molecular weight excluding hydrogens is 396 g/mol. The lowest BCUT2D eigenvalue weighted by Crippen LogP contribution is -2.30. The molecule has 0 spiro atoms. The average molecular weight is 443 g/mol. The molecule has 1 atom stereocenters. The van der Waals surface area contributed by atoms with Gasteiger partial charge in [-0.2, -0.15) is 0 Å². The molecule has 0 radical (unpaired) electrons.